The number of pyridine rings is 1. The third-order valence-electron chi connectivity index (χ3n) is 5.04. The molecule has 0 aliphatic carbocycles. The summed E-state index contributed by atoms with van der Waals surface area (Å²) in [6.07, 6.45) is 1.76. The lowest BCUT2D eigenvalue weighted by atomic mass is 10.1. The quantitative estimate of drug-likeness (QED) is 0.774. The van der Waals surface area contributed by atoms with E-state index in [9.17, 15) is 9.59 Å². The number of amides is 1. The summed E-state index contributed by atoms with van der Waals surface area (Å²) < 4.78 is 5.98. The number of nitrogens with zero attached hydrogens (tertiary/aromatic N) is 1. The predicted octanol–water partition coefficient (Wildman–Crippen LogP) is 3.35. The summed E-state index contributed by atoms with van der Waals surface area (Å²) >= 11 is 0. The van der Waals surface area contributed by atoms with Gasteiger partial charge < -0.3 is 14.6 Å². The Morgan fingerprint density at radius 3 is 2.52 bits per heavy atom. The van der Waals surface area contributed by atoms with Crippen LogP contribution >= 0.6 is 0 Å². The Kier molecular flexibility index (Phi) is 5.03. The number of rotatable bonds is 4. The lowest BCUT2D eigenvalue weighted by Gasteiger charge is -2.32. The summed E-state index contributed by atoms with van der Waals surface area (Å²) in [5.74, 6) is -0.126. The Labute approximate surface area is 157 Å². The van der Waals surface area contributed by atoms with Crippen LogP contribution in [0.15, 0.2) is 65.5 Å². The van der Waals surface area contributed by atoms with Crippen LogP contribution in [0, 0.1) is 0 Å². The molecule has 0 spiro atoms. The first kappa shape index (κ1) is 17.5. The number of aromatic nitrogens is 1. The number of fused-ring (bicyclic) bond motifs is 1. The summed E-state index contributed by atoms with van der Waals surface area (Å²) in [6.45, 7) is 1.86. The number of carbonyl (C=O) groups excluding carboxylic acids is 1. The molecule has 138 valence electrons. The molecule has 3 aromatic rings. The van der Waals surface area contributed by atoms with E-state index in [1.165, 1.54) is 0 Å². The molecule has 1 aliphatic rings. The Morgan fingerprint density at radius 2 is 1.74 bits per heavy atom. The first-order chi connectivity index (χ1) is 13.2. The van der Waals surface area contributed by atoms with Crippen molar-refractivity contribution in [3.05, 3.63) is 82.3 Å². The van der Waals surface area contributed by atoms with Crippen molar-refractivity contribution in [3.8, 4) is 0 Å². The Morgan fingerprint density at radius 1 is 1.04 bits per heavy atom. The van der Waals surface area contributed by atoms with Gasteiger partial charge in [-0.1, -0.05) is 48.5 Å². The van der Waals surface area contributed by atoms with Crippen LogP contribution in [-0.2, 0) is 11.3 Å². The molecule has 0 saturated carbocycles. The van der Waals surface area contributed by atoms with Crippen LogP contribution < -0.4 is 5.56 Å². The van der Waals surface area contributed by atoms with E-state index in [4.69, 9.17) is 4.74 Å². The minimum atomic E-state index is -0.225. The van der Waals surface area contributed by atoms with Crippen LogP contribution in [0.2, 0.25) is 0 Å². The normalized spacial score (nSPS) is 15.2. The fourth-order valence-electron chi connectivity index (χ4n) is 3.51. The van der Waals surface area contributed by atoms with E-state index in [0.717, 1.165) is 23.8 Å². The average Bonchev–Trinajstić information content (AvgIpc) is 2.73. The number of hydrogen-bond acceptors (Lipinski definition) is 3. The molecule has 2 heterocycles. The number of nitrogens with one attached hydrogen (secondary N) is 1. The van der Waals surface area contributed by atoms with Crippen molar-refractivity contribution in [2.75, 3.05) is 13.1 Å². The van der Waals surface area contributed by atoms with Crippen molar-refractivity contribution < 1.29 is 9.53 Å². The van der Waals surface area contributed by atoms with Crippen molar-refractivity contribution in [2.24, 2.45) is 0 Å². The Balaban J connectivity index is 1.38. The SMILES string of the molecule is O=C(c1cc2ccccc2c(=O)[nH]1)N1CCC(OCc2ccccc2)CC1. The van der Waals surface area contributed by atoms with Gasteiger partial charge >= 0.3 is 0 Å². The van der Waals surface area contributed by atoms with Gasteiger partial charge in [-0.15, -0.1) is 0 Å². The van der Waals surface area contributed by atoms with Gasteiger partial charge in [-0.2, -0.15) is 0 Å². The van der Waals surface area contributed by atoms with Gasteiger partial charge in [-0.3, -0.25) is 9.59 Å². The molecule has 1 amide bonds. The fraction of sp³-hybridized carbons (Fsp3) is 0.273. The maximum atomic E-state index is 12.8. The third-order valence-corrected chi connectivity index (χ3v) is 5.04. The summed E-state index contributed by atoms with van der Waals surface area (Å²) in [7, 11) is 0. The number of piperidine rings is 1. The van der Waals surface area contributed by atoms with Crippen molar-refractivity contribution in [3.63, 3.8) is 0 Å². The zero-order chi connectivity index (χ0) is 18.6. The lowest BCUT2D eigenvalue weighted by Crippen LogP contribution is -2.41. The molecule has 0 atom stereocenters. The number of ether oxygens (including phenoxy) is 1. The molecule has 1 saturated heterocycles. The molecule has 5 heteroatoms. The van der Waals surface area contributed by atoms with Crippen LogP contribution in [0.3, 0.4) is 0 Å². The van der Waals surface area contributed by atoms with Crippen molar-refractivity contribution >= 4 is 16.7 Å². The molecule has 1 aromatic heterocycles. The molecular formula is C22H22N2O3. The molecular weight excluding hydrogens is 340 g/mol. The van der Waals surface area contributed by atoms with Gasteiger partial charge in [0.25, 0.3) is 11.5 Å². The van der Waals surface area contributed by atoms with E-state index in [0.29, 0.717) is 30.8 Å². The number of carbonyl (C=O) groups is 1. The monoisotopic (exact) mass is 362 g/mol. The Bertz CT molecular complexity index is 989. The second-order valence-electron chi connectivity index (χ2n) is 6.89. The molecule has 2 aromatic carbocycles. The third kappa shape index (κ3) is 3.93. The number of benzene rings is 2. The highest BCUT2D eigenvalue weighted by atomic mass is 16.5. The standard InChI is InChI=1S/C22H22N2O3/c25-21-19-9-5-4-8-17(19)14-20(23-21)22(26)24-12-10-18(11-13-24)27-15-16-6-2-1-3-7-16/h1-9,14,18H,10-13,15H2,(H,23,25). The maximum absolute atomic E-state index is 12.8. The van der Waals surface area contributed by atoms with Crippen LogP contribution in [0.25, 0.3) is 10.8 Å². The van der Waals surface area contributed by atoms with Crippen molar-refractivity contribution in [2.45, 2.75) is 25.6 Å². The summed E-state index contributed by atoms with van der Waals surface area (Å²) in [5, 5.41) is 1.38. The van der Waals surface area contributed by atoms with E-state index in [2.05, 4.69) is 17.1 Å². The van der Waals surface area contributed by atoms with Gasteiger partial charge in [0.15, 0.2) is 0 Å². The zero-order valence-electron chi connectivity index (χ0n) is 15.1. The molecule has 0 radical (unpaired) electrons. The highest BCUT2D eigenvalue weighted by Gasteiger charge is 2.25. The molecule has 1 aliphatic heterocycles. The fourth-order valence-corrected chi connectivity index (χ4v) is 3.51. The van der Waals surface area contributed by atoms with Crippen LogP contribution in [0.1, 0.15) is 28.9 Å². The topological polar surface area (TPSA) is 62.4 Å². The largest absolute Gasteiger partial charge is 0.373 e. The second-order valence-corrected chi connectivity index (χ2v) is 6.89. The molecule has 27 heavy (non-hydrogen) atoms. The van der Waals surface area contributed by atoms with Gasteiger partial charge in [-0.05, 0) is 35.9 Å². The molecule has 1 fully saturated rings. The van der Waals surface area contributed by atoms with Crippen LogP contribution in [0.5, 0.6) is 0 Å². The van der Waals surface area contributed by atoms with Gasteiger partial charge in [0.1, 0.15) is 5.69 Å². The molecule has 5 nitrogen and oxygen atoms in total. The lowest BCUT2D eigenvalue weighted by molar-refractivity contribution is -0.000509. The maximum Gasteiger partial charge on any atom is 0.270 e. The predicted molar refractivity (Wildman–Crippen MR) is 105 cm³/mol. The smallest absolute Gasteiger partial charge is 0.270 e. The average molecular weight is 362 g/mol. The number of H-pyrrole nitrogens is 1. The number of hydrogen-bond donors (Lipinski definition) is 1. The number of likely N-dealkylation sites (tertiary alicyclic amines) is 1. The highest BCUT2D eigenvalue weighted by molar-refractivity contribution is 5.96. The molecule has 0 unspecified atom stereocenters. The highest BCUT2D eigenvalue weighted by Crippen LogP contribution is 2.18. The van der Waals surface area contributed by atoms with Crippen LogP contribution in [0.4, 0.5) is 0 Å². The van der Waals surface area contributed by atoms with Crippen molar-refractivity contribution in [1.82, 2.24) is 9.88 Å². The first-order valence-corrected chi connectivity index (χ1v) is 9.27. The molecule has 0 bridgehead atoms. The van der Waals surface area contributed by atoms with Gasteiger partial charge in [0.05, 0.1) is 12.7 Å². The summed E-state index contributed by atoms with van der Waals surface area (Å²) in [4.78, 5) is 29.5. The van der Waals surface area contributed by atoms with E-state index in [-0.39, 0.29) is 17.6 Å². The zero-order valence-corrected chi connectivity index (χ0v) is 15.1. The van der Waals surface area contributed by atoms with Crippen molar-refractivity contribution in [1.29, 1.82) is 0 Å². The van der Waals surface area contributed by atoms with Gasteiger partial charge in [0, 0.05) is 18.5 Å². The minimum Gasteiger partial charge on any atom is -0.373 e. The summed E-state index contributed by atoms with van der Waals surface area (Å²) in [6, 6.07) is 19.2. The van der Waals surface area contributed by atoms with Gasteiger partial charge in [-0.25, -0.2) is 0 Å². The first-order valence-electron chi connectivity index (χ1n) is 9.27. The van der Waals surface area contributed by atoms with E-state index in [1.54, 1.807) is 17.0 Å². The Hall–Kier alpha value is -2.92. The second kappa shape index (κ2) is 7.76. The summed E-state index contributed by atoms with van der Waals surface area (Å²) in [5.41, 5.74) is 1.28. The van der Waals surface area contributed by atoms with E-state index in [1.807, 2.05) is 36.4 Å². The van der Waals surface area contributed by atoms with E-state index >= 15 is 0 Å². The molecule has 4 rings (SSSR count). The van der Waals surface area contributed by atoms with Gasteiger partial charge in [0.2, 0.25) is 0 Å². The number of aromatic amines is 1. The van der Waals surface area contributed by atoms with Crippen LogP contribution in [-0.4, -0.2) is 35.0 Å². The molecule has 1 N–H and O–H groups in total. The minimum absolute atomic E-state index is 0.126. The van der Waals surface area contributed by atoms with E-state index < -0.39 is 0 Å².